The van der Waals surface area contributed by atoms with Crippen molar-refractivity contribution >= 4 is 11.3 Å². The van der Waals surface area contributed by atoms with Crippen molar-refractivity contribution in [1.29, 1.82) is 0 Å². The smallest absolute Gasteiger partial charge is 0.0471 e. The molecule has 1 aromatic heterocycles. The van der Waals surface area contributed by atoms with Crippen LogP contribution >= 0.6 is 11.3 Å². The van der Waals surface area contributed by atoms with Crippen LogP contribution in [0.5, 0.6) is 0 Å². The van der Waals surface area contributed by atoms with E-state index in [0.29, 0.717) is 0 Å². The van der Waals surface area contributed by atoms with Crippen LogP contribution in [0, 0.1) is 0 Å². The molecular formula is C12H12OS. The Hall–Kier alpha value is -1.12. The largest absolute Gasteiger partial charge is 0.396 e. The summed E-state index contributed by atoms with van der Waals surface area (Å²) in [4.78, 5) is 0. The molecule has 1 nitrogen and oxygen atoms in total. The fraction of sp³-hybridized carbons (Fsp3) is 0.167. The maximum absolute atomic E-state index is 8.94. The van der Waals surface area contributed by atoms with Crippen LogP contribution in [0.3, 0.4) is 0 Å². The highest BCUT2D eigenvalue weighted by Crippen LogP contribution is 2.25. The first-order valence-corrected chi connectivity index (χ1v) is 5.57. The SMILES string of the molecule is OCCc1ccccc1-c1ccsc1. The lowest BCUT2D eigenvalue weighted by Gasteiger charge is -2.05. The summed E-state index contributed by atoms with van der Waals surface area (Å²) in [5.74, 6) is 0. The zero-order valence-corrected chi connectivity index (χ0v) is 8.63. The molecule has 72 valence electrons. The van der Waals surface area contributed by atoms with E-state index in [2.05, 4.69) is 29.0 Å². The Labute approximate surface area is 87.7 Å². The molecule has 0 amide bonds. The van der Waals surface area contributed by atoms with E-state index in [1.54, 1.807) is 11.3 Å². The van der Waals surface area contributed by atoms with Gasteiger partial charge < -0.3 is 5.11 Å². The molecule has 0 atom stereocenters. The zero-order valence-electron chi connectivity index (χ0n) is 7.81. The molecular weight excluding hydrogens is 192 g/mol. The van der Waals surface area contributed by atoms with E-state index < -0.39 is 0 Å². The first-order valence-electron chi connectivity index (χ1n) is 4.63. The first-order chi connectivity index (χ1) is 6.92. The molecule has 14 heavy (non-hydrogen) atoms. The molecule has 0 saturated carbocycles. The van der Waals surface area contributed by atoms with Crippen LogP contribution in [0.4, 0.5) is 0 Å². The number of thiophene rings is 1. The van der Waals surface area contributed by atoms with Gasteiger partial charge in [0, 0.05) is 6.61 Å². The van der Waals surface area contributed by atoms with Crippen LogP contribution < -0.4 is 0 Å². The lowest BCUT2D eigenvalue weighted by molar-refractivity contribution is 0.300. The van der Waals surface area contributed by atoms with Crippen molar-refractivity contribution < 1.29 is 5.11 Å². The first kappa shape index (κ1) is 9.44. The van der Waals surface area contributed by atoms with Crippen molar-refractivity contribution in [2.45, 2.75) is 6.42 Å². The summed E-state index contributed by atoms with van der Waals surface area (Å²) >= 11 is 1.70. The highest BCUT2D eigenvalue weighted by molar-refractivity contribution is 7.08. The van der Waals surface area contributed by atoms with E-state index in [1.165, 1.54) is 16.7 Å². The molecule has 2 heteroatoms. The van der Waals surface area contributed by atoms with Crippen LogP contribution in [0.1, 0.15) is 5.56 Å². The normalized spacial score (nSPS) is 10.4. The van der Waals surface area contributed by atoms with E-state index in [1.807, 2.05) is 12.1 Å². The Morgan fingerprint density at radius 3 is 2.71 bits per heavy atom. The molecule has 1 aromatic carbocycles. The second kappa shape index (κ2) is 4.40. The third kappa shape index (κ3) is 1.86. The second-order valence-electron chi connectivity index (χ2n) is 3.14. The number of aliphatic hydroxyl groups is 1. The lowest BCUT2D eigenvalue weighted by atomic mass is 10.0. The predicted molar refractivity (Wildman–Crippen MR) is 60.5 cm³/mol. The molecule has 0 bridgehead atoms. The number of hydrogen-bond acceptors (Lipinski definition) is 2. The molecule has 0 spiro atoms. The second-order valence-corrected chi connectivity index (χ2v) is 3.92. The molecule has 0 saturated heterocycles. The molecule has 1 heterocycles. The van der Waals surface area contributed by atoms with Gasteiger partial charge in [0.1, 0.15) is 0 Å². The molecule has 0 unspecified atom stereocenters. The monoisotopic (exact) mass is 204 g/mol. The fourth-order valence-corrected chi connectivity index (χ4v) is 2.21. The zero-order chi connectivity index (χ0) is 9.80. The van der Waals surface area contributed by atoms with Gasteiger partial charge in [0.05, 0.1) is 0 Å². The molecule has 0 aliphatic rings. The highest BCUT2D eigenvalue weighted by atomic mass is 32.1. The lowest BCUT2D eigenvalue weighted by Crippen LogP contribution is -1.92. The summed E-state index contributed by atoms with van der Waals surface area (Å²) in [6.45, 7) is 0.209. The predicted octanol–water partition coefficient (Wildman–Crippen LogP) is 2.95. The number of rotatable bonds is 3. The van der Waals surface area contributed by atoms with Gasteiger partial charge in [-0.25, -0.2) is 0 Å². The van der Waals surface area contributed by atoms with Crippen molar-refractivity contribution in [3.8, 4) is 11.1 Å². The van der Waals surface area contributed by atoms with Gasteiger partial charge in [-0.05, 0) is 39.9 Å². The molecule has 2 aromatic rings. The molecule has 0 fully saturated rings. The minimum atomic E-state index is 0.209. The summed E-state index contributed by atoms with van der Waals surface area (Å²) in [5.41, 5.74) is 3.70. The van der Waals surface area contributed by atoms with Gasteiger partial charge in [-0.2, -0.15) is 11.3 Å². The summed E-state index contributed by atoms with van der Waals surface area (Å²) in [5, 5.41) is 13.2. The van der Waals surface area contributed by atoms with Gasteiger partial charge in [-0.3, -0.25) is 0 Å². The average molecular weight is 204 g/mol. The van der Waals surface area contributed by atoms with E-state index in [0.717, 1.165) is 6.42 Å². The molecule has 0 aliphatic heterocycles. The number of hydrogen-bond donors (Lipinski definition) is 1. The van der Waals surface area contributed by atoms with Gasteiger partial charge in [0.25, 0.3) is 0 Å². The van der Waals surface area contributed by atoms with Crippen molar-refractivity contribution in [3.05, 3.63) is 46.7 Å². The third-order valence-corrected chi connectivity index (χ3v) is 2.91. The van der Waals surface area contributed by atoms with Crippen LogP contribution in [0.25, 0.3) is 11.1 Å². The van der Waals surface area contributed by atoms with Crippen molar-refractivity contribution in [2.24, 2.45) is 0 Å². The summed E-state index contributed by atoms with van der Waals surface area (Å²) in [6, 6.07) is 10.3. The highest BCUT2D eigenvalue weighted by Gasteiger charge is 2.03. The van der Waals surface area contributed by atoms with Crippen molar-refractivity contribution in [3.63, 3.8) is 0 Å². The van der Waals surface area contributed by atoms with Gasteiger partial charge in [0.2, 0.25) is 0 Å². The molecule has 0 aliphatic carbocycles. The van der Waals surface area contributed by atoms with Gasteiger partial charge in [-0.15, -0.1) is 0 Å². The standard InChI is InChI=1S/C12H12OS/c13-7-5-10-3-1-2-4-12(10)11-6-8-14-9-11/h1-4,6,8-9,13H,5,7H2. The van der Waals surface area contributed by atoms with E-state index >= 15 is 0 Å². The topological polar surface area (TPSA) is 20.2 Å². The van der Waals surface area contributed by atoms with Crippen molar-refractivity contribution in [2.75, 3.05) is 6.61 Å². The van der Waals surface area contributed by atoms with Crippen molar-refractivity contribution in [1.82, 2.24) is 0 Å². The summed E-state index contributed by atoms with van der Waals surface area (Å²) < 4.78 is 0. The minimum Gasteiger partial charge on any atom is -0.396 e. The van der Waals surface area contributed by atoms with Crippen LogP contribution in [0.2, 0.25) is 0 Å². The maximum atomic E-state index is 8.94. The van der Waals surface area contributed by atoms with E-state index in [9.17, 15) is 0 Å². The van der Waals surface area contributed by atoms with Crippen LogP contribution in [0.15, 0.2) is 41.1 Å². The quantitative estimate of drug-likeness (QED) is 0.815. The molecule has 1 N–H and O–H groups in total. The Bertz CT molecular complexity index is 392. The van der Waals surface area contributed by atoms with E-state index in [-0.39, 0.29) is 6.61 Å². The molecule has 0 radical (unpaired) electrons. The minimum absolute atomic E-state index is 0.209. The van der Waals surface area contributed by atoms with E-state index in [4.69, 9.17) is 5.11 Å². The maximum Gasteiger partial charge on any atom is 0.0471 e. The van der Waals surface area contributed by atoms with Gasteiger partial charge in [-0.1, -0.05) is 24.3 Å². The number of aliphatic hydroxyl groups excluding tert-OH is 1. The molecule has 2 rings (SSSR count). The Kier molecular flexibility index (Phi) is 2.96. The Balaban J connectivity index is 2.42. The van der Waals surface area contributed by atoms with Gasteiger partial charge in [0.15, 0.2) is 0 Å². The van der Waals surface area contributed by atoms with Crippen LogP contribution in [-0.2, 0) is 6.42 Å². The Morgan fingerprint density at radius 1 is 1.14 bits per heavy atom. The van der Waals surface area contributed by atoms with Gasteiger partial charge >= 0.3 is 0 Å². The average Bonchev–Trinajstić information content (AvgIpc) is 2.72. The number of benzene rings is 1. The summed E-state index contributed by atoms with van der Waals surface area (Å²) in [6.07, 6.45) is 0.728. The van der Waals surface area contributed by atoms with Crippen LogP contribution in [-0.4, -0.2) is 11.7 Å². The fourth-order valence-electron chi connectivity index (χ4n) is 1.56. The Morgan fingerprint density at radius 2 is 2.00 bits per heavy atom. The summed E-state index contributed by atoms with van der Waals surface area (Å²) in [7, 11) is 0. The third-order valence-electron chi connectivity index (χ3n) is 2.23.